The molecule has 6 heteroatoms. The van der Waals surface area contributed by atoms with E-state index in [0.29, 0.717) is 29.6 Å². The van der Waals surface area contributed by atoms with Crippen molar-refractivity contribution >= 4 is 11.6 Å². The second kappa shape index (κ2) is 5.30. The van der Waals surface area contributed by atoms with Crippen LogP contribution < -0.4 is 14.4 Å². The van der Waals surface area contributed by atoms with Crippen molar-refractivity contribution in [2.45, 2.75) is 31.8 Å². The van der Waals surface area contributed by atoms with E-state index in [-0.39, 0.29) is 17.8 Å². The van der Waals surface area contributed by atoms with Gasteiger partial charge in [0, 0.05) is 18.1 Å². The number of rotatable bonds is 3. The third kappa shape index (κ3) is 2.54. The third-order valence-corrected chi connectivity index (χ3v) is 4.20. The van der Waals surface area contributed by atoms with Crippen LogP contribution in [0.15, 0.2) is 28.8 Å². The highest BCUT2D eigenvalue weighted by Gasteiger charge is 2.33. The maximum Gasteiger partial charge on any atom is 0.297 e. The Kier molecular flexibility index (Phi) is 3.25. The van der Waals surface area contributed by atoms with Crippen LogP contribution in [0.1, 0.15) is 41.9 Å². The molecule has 2 aromatic rings. The molecule has 1 amide bonds. The lowest BCUT2D eigenvalue weighted by atomic mass is 10.1. The monoisotopic (exact) mass is 314 g/mol. The average Bonchev–Trinajstić information content (AvgIpc) is 3.30. The first-order valence-electron chi connectivity index (χ1n) is 7.79. The largest absolute Gasteiger partial charge is 0.497 e. The molecule has 6 nitrogen and oxygen atoms in total. The molecule has 0 saturated heterocycles. The molecule has 1 aromatic heterocycles. The Morgan fingerprint density at radius 2 is 2.17 bits per heavy atom. The number of hydrogen-bond acceptors (Lipinski definition) is 5. The molecule has 2 heterocycles. The Labute approximate surface area is 134 Å². The molecule has 1 aliphatic heterocycles. The molecular formula is C17H18N2O4. The Balaban J connectivity index is 1.68. The van der Waals surface area contributed by atoms with E-state index >= 15 is 0 Å². The number of carbonyl (C=O) groups is 1. The van der Waals surface area contributed by atoms with Crippen molar-refractivity contribution < 1.29 is 18.8 Å². The summed E-state index contributed by atoms with van der Waals surface area (Å²) >= 11 is 0. The molecule has 120 valence electrons. The molecular weight excluding hydrogens is 296 g/mol. The first-order chi connectivity index (χ1) is 11.2. The standard InChI is InChI=1S/C17H18N2O4/c1-10-9-19(14-7-12(21-2)5-6-15(14)22-10)17(20)16-8-13(18-23-16)11-3-4-11/h5-8,10-11H,3-4,9H2,1-2H3. The van der Waals surface area contributed by atoms with E-state index in [9.17, 15) is 4.79 Å². The topological polar surface area (TPSA) is 64.8 Å². The molecule has 0 spiro atoms. The van der Waals surface area contributed by atoms with Crippen molar-refractivity contribution in [3.63, 3.8) is 0 Å². The molecule has 1 unspecified atom stereocenters. The number of carbonyl (C=O) groups excluding carboxylic acids is 1. The summed E-state index contributed by atoms with van der Waals surface area (Å²) in [5.74, 6) is 1.87. The summed E-state index contributed by atoms with van der Waals surface area (Å²) in [7, 11) is 1.60. The highest BCUT2D eigenvalue weighted by molar-refractivity contribution is 6.05. The van der Waals surface area contributed by atoms with Crippen LogP contribution in [0.4, 0.5) is 5.69 Å². The SMILES string of the molecule is COc1ccc2c(c1)N(C(=O)c1cc(C3CC3)no1)CC(C)O2. The fourth-order valence-corrected chi connectivity index (χ4v) is 2.83. The first kappa shape index (κ1) is 14.1. The van der Waals surface area contributed by atoms with Crippen LogP contribution in [-0.4, -0.2) is 30.8 Å². The zero-order chi connectivity index (χ0) is 16.0. The van der Waals surface area contributed by atoms with Gasteiger partial charge in [0.1, 0.15) is 17.6 Å². The quantitative estimate of drug-likeness (QED) is 0.871. The van der Waals surface area contributed by atoms with Crippen LogP contribution in [0.25, 0.3) is 0 Å². The van der Waals surface area contributed by atoms with Gasteiger partial charge in [0.25, 0.3) is 5.91 Å². The van der Waals surface area contributed by atoms with Crippen LogP contribution >= 0.6 is 0 Å². The van der Waals surface area contributed by atoms with E-state index in [4.69, 9.17) is 14.0 Å². The van der Waals surface area contributed by atoms with E-state index in [1.165, 1.54) is 0 Å². The van der Waals surface area contributed by atoms with Crippen molar-refractivity contribution in [3.8, 4) is 11.5 Å². The van der Waals surface area contributed by atoms with Crippen LogP contribution in [-0.2, 0) is 0 Å². The Hall–Kier alpha value is -2.50. The van der Waals surface area contributed by atoms with E-state index in [1.807, 2.05) is 19.1 Å². The van der Waals surface area contributed by atoms with Gasteiger partial charge in [-0.25, -0.2) is 0 Å². The van der Waals surface area contributed by atoms with Crippen molar-refractivity contribution in [2.75, 3.05) is 18.6 Å². The number of anilines is 1. The zero-order valence-corrected chi connectivity index (χ0v) is 13.1. The molecule has 1 fully saturated rings. The summed E-state index contributed by atoms with van der Waals surface area (Å²) in [5, 5.41) is 4.02. The molecule has 23 heavy (non-hydrogen) atoms. The third-order valence-electron chi connectivity index (χ3n) is 4.20. The van der Waals surface area contributed by atoms with Gasteiger partial charge in [-0.3, -0.25) is 9.69 Å². The number of amides is 1. The highest BCUT2D eigenvalue weighted by Crippen LogP contribution is 2.40. The van der Waals surface area contributed by atoms with Gasteiger partial charge in [-0.1, -0.05) is 5.16 Å². The Morgan fingerprint density at radius 1 is 1.35 bits per heavy atom. The van der Waals surface area contributed by atoms with E-state index in [1.54, 1.807) is 24.1 Å². The summed E-state index contributed by atoms with van der Waals surface area (Å²) in [4.78, 5) is 14.5. The summed E-state index contributed by atoms with van der Waals surface area (Å²) in [6.45, 7) is 2.39. The average molecular weight is 314 g/mol. The summed E-state index contributed by atoms with van der Waals surface area (Å²) in [5.41, 5.74) is 1.57. The number of ether oxygens (including phenoxy) is 2. The fraction of sp³-hybridized carbons (Fsp3) is 0.412. The van der Waals surface area contributed by atoms with Gasteiger partial charge >= 0.3 is 0 Å². The van der Waals surface area contributed by atoms with E-state index in [2.05, 4.69) is 5.16 Å². The second-order valence-electron chi connectivity index (χ2n) is 6.07. The van der Waals surface area contributed by atoms with Crippen molar-refractivity contribution in [1.29, 1.82) is 0 Å². The van der Waals surface area contributed by atoms with Gasteiger partial charge in [0.05, 0.1) is 25.0 Å². The number of aromatic nitrogens is 1. The van der Waals surface area contributed by atoms with Crippen LogP contribution in [0, 0.1) is 0 Å². The van der Waals surface area contributed by atoms with Gasteiger partial charge in [-0.15, -0.1) is 0 Å². The molecule has 1 aromatic carbocycles. The van der Waals surface area contributed by atoms with Crippen molar-refractivity contribution in [3.05, 3.63) is 35.7 Å². The second-order valence-corrected chi connectivity index (χ2v) is 6.07. The molecule has 1 saturated carbocycles. The normalized spacial score (nSPS) is 19.9. The van der Waals surface area contributed by atoms with Crippen LogP contribution in [0.2, 0.25) is 0 Å². The predicted octanol–water partition coefficient (Wildman–Crippen LogP) is 2.99. The lowest BCUT2D eigenvalue weighted by Gasteiger charge is -2.33. The van der Waals surface area contributed by atoms with Crippen molar-refractivity contribution in [2.24, 2.45) is 0 Å². The summed E-state index contributed by atoms with van der Waals surface area (Å²) in [6.07, 6.45) is 2.15. The van der Waals surface area contributed by atoms with Gasteiger partial charge in [-0.05, 0) is 31.9 Å². The zero-order valence-electron chi connectivity index (χ0n) is 13.1. The lowest BCUT2D eigenvalue weighted by molar-refractivity contribution is 0.0925. The molecule has 1 aliphatic carbocycles. The maximum absolute atomic E-state index is 12.9. The van der Waals surface area contributed by atoms with Crippen LogP contribution in [0.5, 0.6) is 11.5 Å². The number of methoxy groups -OCH3 is 1. The van der Waals surface area contributed by atoms with E-state index < -0.39 is 0 Å². The number of benzene rings is 1. The van der Waals surface area contributed by atoms with E-state index in [0.717, 1.165) is 18.5 Å². The Morgan fingerprint density at radius 3 is 2.91 bits per heavy atom. The first-order valence-corrected chi connectivity index (χ1v) is 7.79. The molecule has 0 bridgehead atoms. The number of hydrogen-bond donors (Lipinski definition) is 0. The van der Waals surface area contributed by atoms with Crippen molar-refractivity contribution in [1.82, 2.24) is 5.16 Å². The van der Waals surface area contributed by atoms with Gasteiger partial charge in [0.15, 0.2) is 0 Å². The number of fused-ring (bicyclic) bond motifs is 1. The minimum absolute atomic E-state index is 0.0920. The molecule has 1 atom stereocenters. The number of nitrogens with zero attached hydrogens (tertiary/aromatic N) is 2. The van der Waals surface area contributed by atoms with Gasteiger partial charge in [-0.2, -0.15) is 0 Å². The Bertz CT molecular complexity index is 751. The predicted molar refractivity (Wildman–Crippen MR) is 83.2 cm³/mol. The lowest BCUT2D eigenvalue weighted by Crippen LogP contribution is -2.42. The smallest absolute Gasteiger partial charge is 0.297 e. The summed E-state index contributed by atoms with van der Waals surface area (Å²) in [6, 6.07) is 7.20. The fourth-order valence-electron chi connectivity index (χ4n) is 2.83. The molecule has 0 N–H and O–H groups in total. The van der Waals surface area contributed by atoms with Gasteiger partial charge in [0.2, 0.25) is 5.76 Å². The molecule has 2 aliphatic rings. The van der Waals surface area contributed by atoms with Gasteiger partial charge < -0.3 is 14.0 Å². The maximum atomic E-state index is 12.9. The molecule has 0 radical (unpaired) electrons. The summed E-state index contributed by atoms with van der Waals surface area (Å²) < 4.78 is 16.3. The highest BCUT2D eigenvalue weighted by atomic mass is 16.5. The minimum atomic E-state index is -0.200. The minimum Gasteiger partial charge on any atom is -0.497 e. The van der Waals surface area contributed by atoms with Crippen LogP contribution in [0.3, 0.4) is 0 Å². The molecule has 4 rings (SSSR count).